The summed E-state index contributed by atoms with van der Waals surface area (Å²) in [5.41, 5.74) is 3.81. The quantitative estimate of drug-likeness (QED) is 0.248. The summed E-state index contributed by atoms with van der Waals surface area (Å²) >= 11 is 0. The normalized spacial score (nSPS) is 14.0. The highest BCUT2D eigenvalue weighted by Gasteiger charge is 2.29. The molecule has 212 valence electrons. The molecule has 1 fully saturated rings. The maximum absolute atomic E-state index is 13.1. The van der Waals surface area contributed by atoms with Gasteiger partial charge in [-0.1, -0.05) is 61.2 Å². The zero-order chi connectivity index (χ0) is 28.7. The van der Waals surface area contributed by atoms with Gasteiger partial charge in [0.1, 0.15) is 0 Å². The van der Waals surface area contributed by atoms with Gasteiger partial charge in [0, 0.05) is 24.7 Å². The monoisotopic (exact) mass is 553 g/mol. The SMILES string of the molecule is Cc1ccc(NC(=O)Nc2cc(-c3ccccc3C(=O)O)ccc2N(CCCC(F)(F)F)C2CCCCC2)cc1. The molecule has 1 saturated carbocycles. The molecule has 3 N–H and O–H groups in total. The van der Waals surface area contributed by atoms with Crippen LogP contribution < -0.4 is 15.5 Å². The lowest BCUT2D eigenvalue weighted by atomic mass is 9.92. The Morgan fingerprint density at radius 2 is 1.65 bits per heavy atom. The molecule has 6 nitrogen and oxygen atoms in total. The molecule has 0 heterocycles. The second-order valence-corrected chi connectivity index (χ2v) is 10.2. The van der Waals surface area contributed by atoms with Crippen LogP contribution >= 0.6 is 0 Å². The summed E-state index contributed by atoms with van der Waals surface area (Å²) in [4.78, 5) is 27.0. The molecule has 0 saturated heterocycles. The topological polar surface area (TPSA) is 81.7 Å². The van der Waals surface area contributed by atoms with Crippen molar-refractivity contribution in [1.82, 2.24) is 0 Å². The molecule has 0 bridgehead atoms. The maximum atomic E-state index is 13.1. The van der Waals surface area contributed by atoms with Crippen molar-refractivity contribution in [3.8, 4) is 11.1 Å². The van der Waals surface area contributed by atoms with E-state index in [2.05, 4.69) is 10.6 Å². The number of anilines is 3. The average Bonchev–Trinajstić information content (AvgIpc) is 2.92. The summed E-state index contributed by atoms with van der Waals surface area (Å²) in [6, 6.07) is 18.6. The summed E-state index contributed by atoms with van der Waals surface area (Å²) in [6.07, 6.45) is -0.452. The fraction of sp³-hybridized carbons (Fsp3) is 0.355. The molecule has 2 amide bonds. The van der Waals surface area contributed by atoms with Crippen molar-refractivity contribution >= 4 is 29.1 Å². The van der Waals surface area contributed by atoms with Crippen molar-refractivity contribution in [1.29, 1.82) is 0 Å². The second-order valence-electron chi connectivity index (χ2n) is 10.2. The summed E-state index contributed by atoms with van der Waals surface area (Å²) in [6.45, 7) is 2.12. The van der Waals surface area contributed by atoms with Gasteiger partial charge in [-0.05, 0) is 67.6 Å². The van der Waals surface area contributed by atoms with E-state index in [0.717, 1.165) is 37.7 Å². The van der Waals surface area contributed by atoms with Crippen LogP contribution in [0, 0.1) is 6.92 Å². The minimum absolute atomic E-state index is 0.0415. The van der Waals surface area contributed by atoms with Crippen molar-refractivity contribution in [3.05, 3.63) is 77.9 Å². The lowest BCUT2D eigenvalue weighted by Crippen LogP contribution is -2.38. The number of urea groups is 1. The number of nitrogens with one attached hydrogen (secondary N) is 2. The lowest BCUT2D eigenvalue weighted by Gasteiger charge is -2.37. The molecule has 4 rings (SSSR count). The Morgan fingerprint density at radius 1 is 0.950 bits per heavy atom. The first kappa shape index (κ1) is 29.0. The molecule has 1 aliphatic carbocycles. The summed E-state index contributed by atoms with van der Waals surface area (Å²) in [7, 11) is 0. The van der Waals surface area contributed by atoms with Crippen molar-refractivity contribution in [2.75, 3.05) is 22.1 Å². The highest BCUT2D eigenvalue weighted by atomic mass is 19.4. The number of carboxylic acid groups (broad SMARTS) is 1. The van der Waals surface area contributed by atoms with Crippen LogP contribution in [0.5, 0.6) is 0 Å². The Balaban J connectivity index is 1.72. The number of aromatic carboxylic acids is 1. The summed E-state index contributed by atoms with van der Waals surface area (Å²) in [5.74, 6) is -1.08. The first-order chi connectivity index (χ1) is 19.1. The molecule has 0 spiro atoms. The summed E-state index contributed by atoms with van der Waals surface area (Å²) < 4.78 is 39.1. The highest BCUT2D eigenvalue weighted by molar-refractivity contribution is 6.03. The third kappa shape index (κ3) is 7.77. The van der Waals surface area contributed by atoms with Crippen molar-refractivity contribution in [2.24, 2.45) is 0 Å². The largest absolute Gasteiger partial charge is 0.478 e. The van der Waals surface area contributed by atoms with E-state index in [1.165, 1.54) is 6.07 Å². The number of alkyl halides is 3. The number of nitrogens with zero attached hydrogens (tertiary/aromatic N) is 1. The highest BCUT2D eigenvalue weighted by Crippen LogP contribution is 2.37. The fourth-order valence-electron chi connectivity index (χ4n) is 5.24. The average molecular weight is 554 g/mol. The van der Waals surface area contributed by atoms with Crippen molar-refractivity contribution < 1.29 is 27.9 Å². The van der Waals surface area contributed by atoms with Gasteiger partial charge in [-0.15, -0.1) is 0 Å². The van der Waals surface area contributed by atoms with E-state index in [-0.39, 0.29) is 24.6 Å². The Morgan fingerprint density at radius 3 is 2.33 bits per heavy atom. The first-order valence-corrected chi connectivity index (χ1v) is 13.6. The zero-order valence-electron chi connectivity index (χ0n) is 22.4. The number of amides is 2. The molecule has 0 aromatic heterocycles. The number of carbonyl (C=O) groups excluding carboxylic acids is 1. The van der Waals surface area contributed by atoms with Crippen LogP contribution in [0.4, 0.5) is 35.0 Å². The number of carbonyl (C=O) groups is 2. The molecule has 3 aromatic rings. The molecule has 0 unspecified atom stereocenters. The molecule has 1 aliphatic rings. The van der Waals surface area contributed by atoms with Gasteiger partial charge in [0.15, 0.2) is 0 Å². The fourth-order valence-corrected chi connectivity index (χ4v) is 5.24. The number of benzene rings is 3. The van der Waals surface area contributed by atoms with Crippen molar-refractivity contribution in [2.45, 2.75) is 64.1 Å². The van der Waals surface area contributed by atoms with Crippen LogP contribution in [-0.2, 0) is 0 Å². The van der Waals surface area contributed by atoms with Crippen LogP contribution in [0.3, 0.4) is 0 Å². The van der Waals surface area contributed by atoms with Gasteiger partial charge in [0.05, 0.1) is 16.9 Å². The Kier molecular flexibility index (Phi) is 9.34. The minimum atomic E-state index is -4.25. The Labute approximate surface area is 232 Å². The predicted octanol–water partition coefficient (Wildman–Crippen LogP) is 8.49. The van der Waals surface area contributed by atoms with Gasteiger partial charge in [-0.25, -0.2) is 9.59 Å². The number of carboxylic acids is 1. The van der Waals surface area contributed by atoms with Crippen LogP contribution in [0.2, 0.25) is 0 Å². The smallest absolute Gasteiger partial charge is 0.389 e. The van der Waals surface area contributed by atoms with E-state index in [0.29, 0.717) is 28.2 Å². The van der Waals surface area contributed by atoms with Crippen LogP contribution in [0.25, 0.3) is 11.1 Å². The lowest BCUT2D eigenvalue weighted by molar-refractivity contribution is -0.135. The van der Waals surface area contributed by atoms with Crippen LogP contribution in [0.15, 0.2) is 66.7 Å². The van der Waals surface area contributed by atoms with Gasteiger partial charge in [-0.3, -0.25) is 0 Å². The van der Waals surface area contributed by atoms with E-state index in [1.54, 1.807) is 48.5 Å². The molecular formula is C31H34F3N3O3. The Bertz CT molecular complexity index is 1320. The second kappa shape index (κ2) is 12.9. The standard InChI is InChI=1S/C31H34F3N3O3/c1-21-12-15-23(16-13-21)35-30(40)36-27-20-22(25-10-5-6-11-26(25)29(38)39)14-17-28(27)37(19-7-18-31(32,33)34)24-8-3-2-4-9-24/h5-6,10-17,20,24H,2-4,7-9,18-19H2,1H3,(H,38,39)(H2,35,36,40). The number of halogens is 3. The zero-order valence-corrected chi connectivity index (χ0v) is 22.4. The van der Waals surface area contributed by atoms with E-state index in [1.807, 2.05) is 24.0 Å². The van der Waals surface area contributed by atoms with E-state index in [9.17, 15) is 27.9 Å². The van der Waals surface area contributed by atoms with Gasteiger partial charge >= 0.3 is 18.2 Å². The number of aryl methyl sites for hydroxylation is 1. The van der Waals surface area contributed by atoms with Crippen molar-refractivity contribution in [3.63, 3.8) is 0 Å². The van der Waals surface area contributed by atoms with Gasteiger partial charge < -0.3 is 20.6 Å². The number of hydrogen-bond donors (Lipinski definition) is 3. The van der Waals surface area contributed by atoms with Gasteiger partial charge in [0.2, 0.25) is 0 Å². The molecule has 9 heteroatoms. The van der Waals surface area contributed by atoms with E-state index >= 15 is 0 Å². The third-order valence-corrected chi connectivity index (χ3v) is 7.21. The molecule has 0 radical (unpaired) electrons. The number of hydrogen-bond acceptors (Lipinski definition) is 3. The molecule has 3 aromatic carbocycles. The number of rotatable bonds is 9. The predicted molar refractivity (Wildman–Crippen MR) is 152 cm³/mol. The molecule has 40 heavy (non-hydrogen) atoms. The molecule has 0 aliphatic heterocycles. The van der Waals surface area contributed by atoms with Crippen LogP contribution in [0.1, 0.15) is 60.9 Å². The van der Waals surface area contributed by atoms with E-state index < -0.39 is 24.6 Å². The minimum Gasteiger partial charge on any atom is -0.478 e. The molecule has 0 atom stereocenters. The third-order valence-electron chi connectivity index (χ3n) is 7.21. The van der Waals surface area contributed by atoms with Gasteiger partial charge in [-0.2, -0.15) is 13.2 Å². The Hall–Kier alpha value is -4.01. The first-order valence-electron chi connectivity index (χ1n) is 13.6. The van der Waals surface area contributed by atoms with E-state index in [4.69, 9.17) is 0 Å². The van der Waals surface area contributed by atoms with Crippen LogP contribution in [-0.4, -0.2) is 35.9 Å². The van der Waals surface area contributed by atoms with Gasteiger partial charge in [0.25, 0.3) is 0 Å². The maximum Gasteiger partial charge on any atom is 0.389 e. The molecular weight excluding hydrogens is 519 g/mol. The summed E-state index contributed by atoms with van der Waals surface area (Å²) in [5, 5.41) is 15.4.